The summed E-state index contributed by atoms with van der Waals surface area (Å²) >= 11 is 0. The van der Waals surface area contributed by atoms with E-state index in [0.29, 0.717) is 25.5 Å². The Balaban J connectivity index is 2.27. The Morgan fingerprint density at radius 2 is 2.36 bits per heavy atom. The molecular formula is C8H14N4O2. The number of tetrazole rings is 1. The second-order valence-corrected chi connectivity index (χ2v) is 2.86. The number of rotatable bonds is 6. The van der Waals surface area contributed by atoms with Gasteiger partial charge in [0.05, 0.1) is 20.1 Å². The number of carbonyl (C=O) groups is 1. The van der Waals surface area contributed by atoms with E-state index in [0.717, 1.165) is 0 Å². The number of hydrogen-bond donors (Lipinski definition) is 0. The van der Waals surface area contributed by atoms with Crippen LogP contribution in [0.4, 0.5) is 0 Å². The average Bonchev–Trinajstić information content (AvgIpc) is 2.52. The largest absolute Gasteiger partial charge is 0.381 e. The van der Waals surface area contributed by atoms with Gasteiger partial charge in [-0.15, -0.1) is 10.2 Å². The standard InChI is InChI=1S/C8H14N4O2/c1-3-14-5-4-7(13)6-8-9-11-12(2)10-8/h3-6H2,1-2H3. The maximum atomic E-state index is 11.3. The molecule has 0 aliphatic heterocycles. The normalized spacial score (nSPS) is 10.4. The highest BCUT2D eigenvalue weighted by atomic mass is 16.5. The molecule has 0 saturated carbocycles. The molecule has 0 N–H and O–H groups in total. The molecule has 0 atom stereocenters. The van der Waals surface area contributed by atoms with Crippen LogP contribution in [-0.4, -0.2) is 39.2 Å². The minimum absolute atomic E-state index is 0.0754. The van der Waals surface area contributed by atoms with Crippen molar-refractivity contribution in [2.24, 2.45) is 7.05 Å². The Morgan fingerprint density at radius 3 is 2.93 bits per heavy atom. The summed E-state index contributed by atoms with van der Waals surface area (Å²) in [7, 11) is 1.67. The maximum absolute atomic E-state index is 11.3. The predicted octanol–water partition coefficient (Wildman–Crippen LogP) is -0.252. The van der Waals surface area contributed by atoms with E-state index in [1.54, 1.807) is 7.05 Å². The van der Waals surface area contributed by atoms with E-state index in [1.165, 1.54) is 4.80 Å². The minimum Gasteiger partial charge on any atom is -0.381 e. The Kier molecular flexibility index (Phi) is 4.18. The van der Waals surface area contributed by atoms with Gasteiger partial charge in [-0.3, -0.25) is 4.79 Å². The molecule has 1 rings (SSSR count). The lowest BCUT2D eigenvalue weighted by Gasteiger charge is -1.98. The number of aromatic nitrogens is 4. The predicted molar refractivity (Wildman–Crippen MR) is 48.6 cm³/mol. The third-order valence-electron chi connectivity index (χ3n) is 1.63. The van der Waals surface area contributed by atoms with Gasteiger partial charge < -0.3 is 4.74 Å². The van der Waals surface area contributed by atoms with Crippen molar-refractivity contribution in [3.8, 4) is 0 Å². The summed E-state index contributed by atoms with van der Waals surface area (Å²) in [6, 6.07) is 0. The van der Waals surface area contributed by atoms with Crippen molar-refractivity contribution < 1.29 is 9.53 Å². The van der Waals surface area contributed by atoms with Crippen molar-refractivity contribution >= 4 is 5.78 Å². The van der Waals surface area contributed by atoms with Crippen LogP contribution in [0.15, 0.2) is 0 Å². The summed E-state index contributed by atoms with van der Waals surface area (Å²) in [5.74, 6) is 0.542. The van der Waals surface area contributed by atoms with Gasteiger partial charge in [0, 0.05) is 13.0 Å². The molecule has 14 heavy (non-hydrogen) atoms. The molecule has 0 radical (unpaired) electrons. The molecule has 0 bridgehead atoms. The van der Waals surface area contributed by atoms with Crippen LogP contribution in [0.5, 0.6) is 0 Å². The van der Waals surface area contributed by atoms with Gasteiger partial charge in [-0.05, 0) is 12.1 Å². The van der Waals surface area contributed by atoms with Gasteiger partial charge in [0.15, 0.2) is 5.82 Å². The lowest BCUT2D eigenvalue weighted by Crippen LogP contribution is -2.08. The monoisotopic (exact) mass is 198 g/mol. The Bertz CT molecular complexity index is 297. The van der Waals surface area contributed by atoms with Gasteiger partial charge in [0.25, 0.3) is 0 Å². The molecule has 0 spiro atoms. The first kappa shape index (κ1) is 10.8. The number of carbonyl (C=O) groups excluding carboxylic acids is 1. The Hall–Kier alpha value is -1.30. The summed E-state index contributed by atoms with van der Waals surface area (Å²) in [4.78, 5) is 12.6. The topological polar surface area (TPSA) is 69.9 Å². The first-order chi connectivity index (χ1) is 6.72. The highest BCUT2D eigenvalue weighted by Gasteiger charge is 2.07. The molecule has 78 valence electrons. The van der Waals surface area contributed by atoms with E-state index in [2.05, 4.69) is 15.4 Å². The summed E-state index contributed by atoms with van der Waals surface area (Å²) in [5, 5.41) is 11.3. The van der Waals surface area contributed by atoms with Gasteiger partial charge >= 0.3 is 0 Å². The fraction of sp³-hybridized carbons (Fsp3) is 0.750. The smallest absolute Gasteiger partial charge is 0.182 e. The van der Waals surface area contributed by atoms with Crippen LogP contribution in [0, 0.1) is 0 Å². The van der Waals surface area contributed by atoms with Crippen LogP contribution >= 0.6 is 0 Å². The van der Waals surface area contributed by atoms with Gasteiger partial charge in [0.2, 0.25) is 0 Å². The minimum atomic E-state index is 0.0754. The van der Waals surface area contributed by atoms with Crippen LogP contribution in [-0.2, 0) is 23.0 Å². The van der Waals surface area contributed by atoms with E-state index in [9.17, 15) is 4.79 Å². The number of ketones is 1. The molecule has 0 aromatic carbocycles. The molecule has 0 aliphatic carbocycles. The lowest BCUT2D eigenvalue weighted by molar-refractivity contribution is -0.119. The third-order valence-corrected chi connectivity index (χ3v) is 1.63. The van der Waals surface area contributed by atoms with Gasteiger partial charge in [-0.25, -0.2) is 0 Å². The summed E-state index contributed by atoms with van der Waals surface area (Å²) in [5.41, 5.74) is 0. The molecule has 6 heteroatoms. The number of hydrogen-bond acceptors (Lipinski definition) is 5. The van der Waals surface area contributed by atoms with Gasteiger partial charge in [-0.2, -0.15) is 4.80 Å². The first-order valence-corrected chi connectivity index (χ1v) is 4.54. The number of Topliss-reactive ketones (excluding diaryl/α,β-unsaturated/α-hetero) is 1. The van der Waals surface area contributed by atoms with E-state index in [1.807, 2.05) is 6.92 Å². The second kappa shape index (κ2) is 5.43. The maximum Gasteiger partial charge on any atom is 0.182 e. The van der Waals surface area contributed by atoms with Crippen LogP contribution in [0.1, 0.15) is 19.2 Å². The number of ether oxygens (including phenoxy) is 1. The zero-order valence-electron chi connectivity index (χ0n) is 8.43. The molecule has 1 aromatic heterocycles. The summed E-state index contributed by atoms with van der Waals surface area (Å²) < 4.78 is 5.06. The van der Waals surface area contributed by atoms with Crippen molar-refractivity contribution in [3.05, 3.63) is 5.82 Å². The molecule has 0 unspecified atom stereocenters. The average molecular weight is 198 g/mol. The van der Waals surface area contributed by atoms with Gasteiger partial charge in [-0.1, -0.05) is 0 Å². The van der Waals surface area contributed by atoms with Crippen LogP contribution < -0.4 is 0 Å². The van der Waals surface area contributed by atoms with Crippen molar-refractivity contribution in [2.45, 2.75) is 19.8 Å². The van der Waals surface area contributed by atoms with Crippen LogP contribution in [0.2, 0.25) is 0 Å². The van der Waals surface area contributed by atoms with E-state index < -0.39 is 0 Å². The molecule has 1 aromatic rings. The highest BCUT2D eigenvalue weighted by Crippen LogP contribution is 1.93. The SMILES string of the molecule is CCOCCC(=O)Cc1nnn(C)n1. The molecule has 6 nitrogen and oxygen atoms in total. The van der Waals surface area contributed by atoms with Crippen LogP contribution in [0.3, 0.4) is 0 Å². The summed E-state index contributed by atoms with van der Waals surface area (Å²) in [6.45, 7) is 3.00. The van der Waals surface area contributed by atoms with Crippen LogP contribution in [0.25, 0.3) is 0 Å². The molecule has 0 saturated heterocycles. The lowest BCUT2D eigenvalue weighted by atomic mass is 10.2. The van der Waals surface area contributed by atoms with Gasteiger partial charge in [0.1, 0.15) is 5.78 Å². The zero-order valence-corrected chi connectivity index (χ0v) is 8.43. The van der Waals surface area contributed by atoms with Crippen molar-refractivity contribution in [3.63, 3.8) is 0 Å². The highest BCUT2D eigenvalue weighted by molar-refractivity contribution is 5.80. The quantitative estimate of drug-likeness (QED) is 0.589. The molecule has 0 amide bonds. The number of nitrogens with zero attached hydrogens (tertiary/aromatic N) is 4. The molecular weight excluding hydrogens is 184 g/mol. The van der Waals surface area contributed by atoms with Crippen molar-refractivity contribution in [2.75, 3.05) is 13.2 Å². The van der Waals surface area contributed by atoms with Crippen molar-refractivity contribution in [1.82, 2.24) is 20.2 Å². The van der Waals surface area contributed by atoms with E-state index >= 15 is 0 Å². The van der Waals surface area contributed by atoms with E-state index in [-0.39, 0.29) is 12.2 Å². The number of aryl methyl sites for hydroxylation is 1. The fourth-order valence-corrected chi connectivity index (χ4v) is 0.989. The molecule has 0 aliphatic rings. The van der Waals surface area contributed by atoms with Crippen molar-refractivity contribution in [1.29, 1.82) is 0 Å². The fourth-order valence-electron chi connectivity index (χ4n) is 0.989. The Morgan fingerprint density at radius 1 is 1.57 bits per heavy atom. The second-order valence-electron chi connectivity index (χ2n) is 2.86. The zero-order chi connectivity index (χ0) is 10.4. The Labute approximate surface area is 82.2 Å². The van der Waals surface area contributed by atoms with E-state index in [4.69, 9.17) is 4.74 Å². The first-order valence-electron chi connectivity index (χ1n) is 4.54. The molecule has 0 fully saturated rings. The summed E-state index contributed by atoms with van der Waals surface area (Å²) in [6.07, 6.45) is 0.646. The molecule has 1 heterocycles. The third kappa shape index (κ3) is 3.61.